The fourth-order valence-electron chi connectivity index (χ4n) is 4.50. The summed E-state index contributed by atoms with van der Waals surface area (Å²) in [6, 6.07) is 7.70. The second-order valence-corrected chi connectivity index (χ2v) is 9.90. The molecule has 1 aliphatic carbocycles. The molecule has 39 heavy (non-hydrogen) atoms. The lowest BCUT2D eigenvalue weighted by Crippen LogP contribution is -2.23. The fourth-order valence-corrected chi connectivity index (χ4v) is 5.14. The average Bonchev–Trinajstić information content (AvgIpc) is 2.91. The van der Waals surface area contributed by atoms with Gasteiger partial charge in [0.05, 0.1) is 43.8 Å². The molecule has 0 radical (unpaired) electrons. The standard InChI is InChI=1S/C28H26Cl2N2O7/c1-2-3-4-5-6-7-14-39-28-24(30)22-21(26(35)19-17(33)12-13-18(34)20(19)27(22)36)23(29)25(28)31-15-8-10-16(11-9-15)32(37)38/h8-13,31,33-34H,2-7,14H2,1H3. The molecule has 3 aromatic rings. The van der Waals surface area contributed by atoms with Gasteiger partial charge >= 0.3 is 0 Å². The number of carbonyl (C=O) groups is 2. The highest BCUT2D eigenvalue weighted by molar-refractivity contribution is 6.46. The van der Waals surface area contributed by atoms with Gasteiger partial charge in [0.25, 0.3) is 5.69 Å². The van der Waals surface area contributed by atoms with Crippen molar-refractivity contribution in [1.29, 1.82) is 0 Å². The highest BCUT2D eigenvalue weighted by Crippen LogP contribution is 2.50. The van der Waals surface area contributed by atoms with Crippen LogP contribution in [0, 0.1) is 10.1 Å². The summed E-state index contributed by atoms with van der Waals surface area (Å²) in [4.78, 5) is 37.5. The Bertz CT molecular complexity index is 1460. The number of nitrogens with zero attached hydrogens (tertiary/aromatic N) is 1. The van der Waals surface area contributed by atoms with Crippen molar-refractivity contribution < 1.29 is 29.5 Å². The van der Waals surface area contributed by atoms with Gasteiger partial charge in [0.15, 0.2) is 17.3 Å². The summed E-state index contributed by atoms with van der Waals surface area (Å²) < 4.78 is 6.02. The summed E-state index contributed by atoms with van der Waals surface area (Å²) in [5.74, 6) is -2.54. The number of nitro benzene ring substituents is 1. The molecule has 0 saturated heterocycles. The molecule has 0 fully saturated rings. The Hall–Kier alpha value is -3.82. The molecule has 1 aliphatic rings. The molecular weight excluding hydrogens is 547 g/mol. The molecule has 0 amide bonds. The van der Waals surface area contributed by atoms with Crippen LogP contribution in [0.3, 0.4) is 0 Å². The predicted octanol–water partition coefficient (Wildman–Crippen LogP) is 7.57. The topological polar surface area (TPSA) is 139 Å². The summed E-state index contributed by atoms with van der Waals surface area (Å²) >= 11 is 13.4. The highest BCUT2D eigenvalue weighted by Gasteiger charge is 2.40. The van der Waals surface area contributed by atoms with Gasteiger partial charge in [-0.1, -0.05) is 62.2 Å². The third kappa shape index (κ3) is 5.51. The van der Waals surface area contributed by atoms with Gasteiger partial charge in [-0.3, -0.25) is 19.7 Å². The first kappa shape index (κ1) is 28.2. The number of benzene rings is 3. The molecule has 0 atom stereocenters. The Morgan fingerprint density at radius 3 is 1.92 bits per heavy atom. The maximum atomic E-state index is 13.5. The number of halogens is 2. The number of fused-ring (bicyclic) bond motifs is 2. The van der Waals surface area contributed by atoms with E-state index >= 15 is 0 Å². The third-order valence-corrected chi connectivity index (χ3v) is 7.23. The van der Waals surface area contributed by atoms with Gasteiger partial charge in [0.1, 0.15) is 17.2 Å². The first-order valence-electron chi connectivity index (χ1n) is 12.5. The van der Waals surface area contributed by atoms with E-state index < -0.39 is 28.0 Å². The Balaban J connectivity index is 1.78. The molecule has 0 bridgehead atoms. The minimum absolute atomic E-state index is 0.0246. The van der Waals surface area contributed by atoms with Crippen molar-refractivity contribution in [3.05, 3.63) is 78.8 Å². The SMILES string of the molecule is CCCCCCCCOc1c(Cl)c2c(c(Cl)c1Nc1ccc([N+](=O)[O-])cc1)C(=O)c1c(O)ccc(O)c1C2=O. The molecule has 3 N–H and O–H groups in total. The van der Waals surface area contributed by atoms with Crippen molar-refractivity contribution >= 4 is 51.8 Å². The number of ether oxygens (including phenoxy) is 1. The number of non-ortho nitro benzene ring substituents is 1. The van der Waals surface area contributed by atoms with Crippen LogP contribution in [-0.2, 0) is 0 Å². The zero-order chi connectivity index (χ0) is 28.3. The largest absolute Gasteiger partial charge is 0.507 e. The third-order valence-electron chi connectivity index (χ3n) is 6.50. The Morgan fingerprint density at radius 1 is 0.821 bits per heavy atom. The normalized spacial score (nSPS) is 12.2. The number of phenols is 2. The summed E-state index contributed by atoms with van der Waals surface area (Å²) in [6.07, 6.45) is 6.05. The van der Waals surface area contributed by atoms with Gasteiger partial charge in [-0.15, -0.1) is 0 Å². The zero-order valence-corrected chi connectivity index (χ0v) is 22.6. The van der Waals surface area contributed by atoms with E-state index in [4.69, 9.17) is 27.9 Å². The highest BCUT2D eigenvalue weighted by atomic mass is 35.5. The lowest BCUT2D eigenvalue weighted by atomic mass is 9.82. The van der Waals surface area contributed by atoms with Crippen molar-refractivity contribution in [1.82, 2.24) is 0 Å². The number of rotatable bonds is 11. The van der Waals surface area contributed by atoms with Crippen LogP contribution < -0.4 is 10.1 Å². The maximum Gasteiger partial charge on any atom is 0.269 e. The van der Waals surface area contributed by atoms with Crippen molar-refractivity contribution in [2.24, 2.45) is 0 Å². The number of hydrogen-bond donors (Lipinski definition) is 3. The molecule has 0 spiro atoms. The molecule has 0 heterocycles. The van der Waals surface area contributed by atoms with Crippen LogP contribution in [0.25, 0.3) is 0 Å². The van der Waals surface area contributed by atoms with Crippen LogP contribution in [0.2, 0.25) is 10.0 Å². The molecule has 4 rings (SSSR count). The molecule has 3 aromatic carbocycles. The van der Waals surface area contributed by atoms with E-state index in [1.165, 1.54) is 24.3 Å². The van der Waals surface area contributed by atoms with Crippen molar-refractivity contribution in [2.45, 2.75) is 45.4 Å². The van der Waals surface area contributed by atoms with Crippen molar-refractivity contribution in [2.75, 3.05) is 11.9 Å². The molecule has 0 saturated carbocycles. The number of anilines is 2. The lowest BCUT2D eigenvalue weighted by molar-refractivity contribution is -0.384. The van der Waals surface area contributed by atoms with E-state index in [0.29, 0.717) is 12.1 Å². The van der Waals surface area contributed by atoms with E-state index in [2.05, 4.69) is 12.2 Å². The Labute approximate surface area is 234 Å². The van der Waals surface area contributed by atoms with E-state index in [0.717, 1.165) is 44.2 Å². The first-order valence-corrected chi connectivity index (χ1v) is 13.3. The molecule has 0 aliphatic heterocycles. The maximum absolute atomic E-state index is 13.5. The number of aromatic hydroxyl groups is 2. The number of ketones is 2. The fraction of sp³-hybridized carbons (Fsp3) is 0.286. The van der Waals surface area contributed by atoms with Crippen LogP contribution in [0.15, 0.2) is 36.4 Å². The number of phenolic OH excluding ortho intramolecular Hbond substituents is 2. The first-order chi connectivity index (χ1) is 18.7. The van der Waals surface area contributed by atoms with Crippen LogP contribution in [-0.4, -0.2) is 33.3 Å². The summed E-state index contributed by atoms with van der Waals surface area (Å²) in [5.41, 5.74) is -0.898. The van der Waals surface area contributed by atoms with Crippen LogP contribution in [0.5, 0.6) is 17.2 Å². The molecule has 204 valence electrons. The minimum atomic E-state index is -0.797. The molecule has 9 nitrogen and oxygen atoms in total. The van der Waals surface area contributed by atoms with Gasteiger partial charge in [0, 0.05) is 17.8 Å². The van der Waals surface area contributed by atoms with Gasteiger partial charge in [-0.2, -0.15) is 0 Å². The Kier molecular flexibility index (Phi) is 8.62. The molecule has 0 aromatic heterocycles. The number of unbranched alkanes of at least 4 members (excludes halogenated alkanes) is 5. The van der Waals surface area contributed by atoms with Crippen LogP contribution >= 0.6 is 23.2 Å². The second kappa shape index (κ2) is 11.9. The van der Waals surface area contributed by atoms with E-state index in [1.54, 1.807) is 0 Å². The molecule has 0 unspecified atom stereocenters. The zero-order valence-electron chi connectivity index (χ0n) is 21.1. The Morgan fingerprint density at radius 2 is 1.36 bits per heavy atom. The molecular formula is C28H26Cl2N2O7. The number of nitro groups is 1. The number of hydrogen-bond acceptors (Lipinski definition) is 8. The quantitative estimate of drug-likeness (QED) is 0.0723. The van der Waals surface area contributed by atoms with Gasteiger partial charge in [0.2, 0.25) is 0 Å². The summed E-state index contributed by atoms with van der Waals surface area (Å²) in [5, 5.41) is 34.4. The van der Waals surface area contributed by atoms with Crippen LogP contribution in [0.4, 0.5) is 17.1 Å². The van der Waals surface area contributed by atoms with Gasteiger partial charge in [-0.05, 0) is 30.7 Å². The van der Waals surface area contributed by atoms with Crippen molar-refractivity contribution in [3.8, 4) is 17.2 Å². The monoisotopic (exact) mass is 572 g/mol. The molecule has 11 heteroatoms. The average molecular weight is 573 g/mol. The summed E-state index contributed by atoms with van der Waals surface area (Å²) in [7, 11) is 0. The predicted molar refractivity (Wildman–Crippen MR) is 148 cm³/mol. The van der Waals surface area contributed by atoms with Gasteiger partial charge in [-0.25, -0.2) is 0 Å². The van der Waals surface area contributed by atoms with Gasteiger partial charge < -0.3 is 20.3 Å². The smallest absolute Gasteiger partial charge is 0.269 e. The lowest BCUT2D eigenvalue weighted by Gasteiger charge is -2.25. The van der Waals surface area contributed by atoms with E-state index in [9.17, 15) is 29.9 Å². The second-order valence-electron chi connectivity index (χ2n) is 9.14. The minimum Gasteiger partial charge on any atom is -0.507 e. The van der Waals surface area contributed by atoms with Crippen LogP contribution in [0.1, 0.15) is 77.3 Å². The van der Waals surface area contributed by atoms with E-state index in [-0.39, 0.29) is 56.0 Å². The van der Waals surface area contributed by atoms with Crippen molar-refractivity contribution in [3.63, 3.8) is 0 Å². The van der Waals surface area contributed by atoms with E-state index in [1.807, 2.05) is 0 Å². The number of nitrogens with one attached hydrogen (secondary N) is 1. The number of carbonyl (C=O) groups excluding carboxylic acids is 2. The summed E-state index contributed by atoms with van der Waals surface area (Å²) in [6.45, 7) is 2.39.